The summed E-state index contributed by atoms with van der Waals surface area (Å²) in [5.74, 6) is 1.60. The molecule has 0 amide bonds. The Hall–Kier alpha value is -1.36. The van der Waals surface area contributed by atoms with E-state index in [1.807, 2.05) is 19.1 Å². The summed E-state index contributed by atoms with van der Waals surface area (Å²) in [6, 6.07) is 7.60. The van der Waals surface area contributed by atoms with Gasteiger partial charge in [-0.15, -0.1) is 11.3 Å². The third kappa shape index (κ3) is 3.12. The van der Waals surface area contributed by atoms with E-state index in [4.69, 9.17) is 23.2 Å². The third-order valence-electron chi connectivity index (χ3n) is 3.09. The number of thiophene rings is 1. The first-order valence-corrected chi connectivity index (χ1v) is 8.03. The number of anilines is 1. The van der Waals surface area contributed by atoms with Gasteiger partial charge in [0, 0.05) is 21.5 Å². The first-order chi connectivity index (χ1) is 10.0. The highest BCUT2D eigenvalue weighted by atomic mass is 35.5. The molecule has 6 heteroatoms. The molecule has 0 radical (unpaired) electrons. The molecule has 3 rings (SSSR count). The zero-order valence-corrected chi connectivity index (χ0v) is 13.9. The number of halogens is 2. The SMILES string of the molecule is Cc1nc(NCc2ccc(Cl)cc2Cl)c2cc(C)sc2n1. The average Bonchev–Trinajstić information content (AvgIpc) is 2.77. The van der Waals surface area contributed by atoms with Crippen molar-refractivity contribution in [2.75, 3.05) is 5.32 Å². The van der Waals surface area contributed by atoms with Crippen LogP contribution in [-0.2, 0) is 6.54 Å². The summed E-state index contributed by atoms with van der Waals surface area (Å²) in [4.78, 5) is 11.2. The summed E-state index contributed by atoms with van der Waals surface area (Å²) in [5.41, 5.74) is 0.984. The summed E-state index contributed by atoms with van der Waals surface area (Å²) >= 11 is 13.8. The molecule has 3 aromatic rings. The number of rotatable bonds is 3. The fourth-order valence-corrected chi connectivity index (χ4v) is 3.53. The van der Waals surface area contributed by atoms with Crippen LogP contribution in [0.25, 0.3) is 10.2 Å². The van der Waals surface area contributed by atoms with E-state index in [1.165, 1.54) is 4.88 Å². The lowest BCUT2D eigenvalue weighted by Gasteiger charge is -2.09. The predicted molar refractivity (Wildman–Crippen MR) is 90.7 cm³/mol. The van der Waals surface area contributed by atoms with Crippen molar-refractivity contribution in [2.24, 2.45) is 0 Å². The van der Waals surface area contributed by atoms with Crippen LogP contribution in [0.5, 0.6) is 0 Å². The van der Waals surface area contributed by atoms with Crippen LogP contribution in [0.1, 0.15) is 16.3 Å². The Morgan fingerprint density at radius 2 is 1.95 bits per heavy atom. The molecule has 1 aromatic carbocycles. The number of hydrogen-bond donors (Lipinski definition) is 1. The topological polar surface area (TPSA) is 37.8 Å². The number of fused-ring (bicyclic) bond motifs is 1. The monoisotopic (exact) mass is 337 g/mol. The minimum absolute atomic E-state index is 0.594. The molecule has 1 N–H and O–H groups in total. The molecule has 0 saturated heterocycles. The summed E-state index contributed by atoms with van der Waals surface area (Å²) in [6.45, 7) is 4.56. The van der Waals surface area contributed by atoms with Gasteiger partial charge in [0.25, 0.3) is 0 Å². The second-order valence-electron chi connectivity index (χ2n) is 4.78. The Labute approximate surface area is 137 Å². The summed E-state index contributed by atoms with van der Waals surface area (Å²) in [6.07, 6.45) is 0. The molecular weight excluding hydrogens is 325 g/mol. The van der Waals surface area contributed by atoms with Gasteiger partial charge < -0.3 is 5.32 Å². The van der Waals surface area contributed by atoms with E-state index in [2.05, 4.69) is 28.3 Å². The normalized spacial score (nSPS) is 11.0. The molecule has 2 heterocycles. The smallest absolute Gasteiger partial charge is 0.138 e. The lowest BCUT2D eigenvalue weighted by Crippen LogP contribution is -2.04. The highest BCUT2D eigenvalue weighted by Gasteiger charge is 2.09. The first kappa shape index (κ1) is 14.6. The standard InChI is InChI=1S/C15H13Cl2N3S/c1-8-5-12-14(19-9(2)20-15(12)21-8)18-7-10-3-4-11(16)6-13(10)17/h3-6H,7H2,1-2H3,(H,18,19,20). The highest BCUT2D eigenvalue weighted by Crippen LogP contribution is 2.29. The van der Waals surface area contributed by atoms with Crippen LogP contribution in [0, 0.1) is 13.8 Å². The van der Waals surface area contributed by atoms with Gasteiger partial charge in [-0.1, -0.05) is 29.3 Å². The summed E-state index contributed by atoms with van der Waals surface area (Å²) in [5, 5.41) is 5.68. The van der Waals surface area contributed by atoms with Crippen molar-refractivity contribution in [3.05, 3.63) is 50.6 Å². The van der Waals surface area contributed by atoms with Crippen LogP contribution >= 0.6 is 34.5 Å². The summed E-state index contributed by atoms with van der Waals surface area (Å²) < 4.78 is 0. The van der Waals surface area contributed by atoms with Gasteiger partial charge >= 0.3 is 0 Å². The van der Waals surface area contributed by atoms with Crippen molar-refractivity contribution in [1.29, 1.82) is 0 Å². The van der Waals surface area contributed by atoms with Crippen molar-refractivity contribution in [3.8, 4) is 0 Å². The molecular formula is C15H13Cl2N3S. The number of aryl methyl sites for hydroxylation is 2. The lowest BCUT2D eigenvalue weighted by atomic mass is 10.2. The van der Waals surface area contributed by atoms with Crippen molar-refractivity contribution in [1.82, 2.24) is 9.97 Å². The first-order valence-electron chi connectivity index (χ1n) is 6.45. The third-order valence-corrected chi connectivity index (χ3v) is 4.62. The number of nitrogens with zero attached hydrogens (tertiary/aromatic N) is 2. The van der Waals surface area contributed by atoms with E-state index in [1.54, 1.807) is 17.4 Å². The van der Waals surface area contributed by atoms with Crippen molar-refractivity contribution >= 4 is 50.6 Å². The maximum atomic E-state index is 6.19. The number of aromatic nitrogens is 2. The Balaban J connectivity index is 1.91. The molecule has 0 bridgehead atoms. The molecule has 0 saturated carbocycles. The Bertz CT molecular complexity index is 814. The highest BCUT2D eigenvalue weighted by molar-refractivity contribution is 7.18. The van der Waals surface area contributed by atoms with Crippen LogP contribution in [0.15, 0.2) is 24.3 Å². The van der Waals surface area contributed by atoms with Crippen LogP contribution in [-0.4, -0.2) is 9.97 Å². The van der Waals surface area contributed by atoms with Gasteiger partial charge in [-0.05, 0) is 37.6 Å². The fraction of sp³-hybridized carbons (Fsp3) is 0.200. The lowest BCUT2D eigenvalue weighted by molar-refractivity contribution is 1.06. The Morgan fingerprint density at radius 3 is 2.71 bits per heavy atom. The zero-order chi connectivity index (χ0) is 15.0. The van der Waals surface area contributed by atoms with Crippen molar-refractivity contribution in [3.63, 3.8) is 0 Å². The van der Waals surface area contributed by atoms with Gasteiger partial charge in [0.15, 0.2) is 0 Å². The van der Waals surface area contributed by atoms with E-state index in [0.717, 1.165) is 27.4 Å². The van der Waals surface area contributed by atoms with Gasteiger partial charge in [-0.3, -0.25) is 0 Å². The van der Waals surface area contributed by atoms with E-state index < -0.39 is 0 Å². The van der Waals surface area contributed by atoms with Crippen LogP contribution < -0.4 is 5.32 Å². The fourth-order valence-electron chi connectivity index (χ4n) is 2.13. The van der Waals surface area contributed by atoms with E-state index in [9.17, 15) is 0 Å². The van der Waals surface area contributed by atoms with Crippen molar-refractivity contribution < 1.29 is 0 Å². The van der Waals surface area contributed by atoms with Crippen LogP contribution in [0.2, 0.25) is 10.0 Å². The van der Waals surface area contributed by atoms with E-state index in [0.29, 0.717) is 16.6 Å². The van der Waals surface area contributed by atoms with E-state index >= 15 is 0 Å². The maximum absolute atomic E-state index is 6.19. The second kappa shape index (κ2) is 5.79. The molecule has 0 unspecified atom stereocenters. The van der Waals surface area contributed by atoms with Gasteiger partial charge in [-0.2, -0.15) is 0 Å². The molecule has 0 atom stereocenters. The Kier molecular flexibility index (Phi) is 4.02. The van der Waals surface area contributed by atoms with Gasteiger partial charge in [0.05, 0.1) is 5.39 Å². The molecule has 0 aliphatic carbocycles. The number of nitrogens with one attached hydrogen (secondary N) is 1. The minimum atomic E-state index is 0.594. The quantitative estimate of drug-likeness (QED) is 0.711. The van der Waals surface area contributed by atoms with Gasteiger partial charge in [-0.25, -0.2) is 9.97 Å². The summed E-state index contributed by atoms with van der Waals surface area (Å²) in [7, 11) is 0. The molecule has 0 aliphatic rings. The minimum Gasteiger partial charge on any atom is -0.365 e. The molecule has 0 aliphatic heterocycles. The molecule has 0 spiro atoms. The maximum Gasteiger partial charge on any atom is 0.138 e. The Morgan fingerprint density at radius 1 is 1.14 bits per heavy atom. The molecule has 0 fully saturated rings. The predicted octanol–water partition coefficient (Wildman–Crippen LogP) is 5.23. The molecule has 3 nitrogen and oxygen atoms in total. The van der Waals surface area contributed by atoms with Gasteiger partial charge in [0.2, 0.25) is 0 Å². The zero-order valence-electron chi connectivity index (χ0n) is 11.6. The van der Waals surface area contributed by atoms with Crippen LogP contribution in [0.4, 0.5) is 5.82 Å². The van der Waals surface area contributed by atoms with Crippen molar-refractivity contribution in [2.45, 2.75) is 20.4 Å². The van der Waals surface area contributed by atoms with Gasteiger partial charge in [0.1, 0.15) is 16.5 Å². The number of benzene rings is 1. The molecule has 108 valence electrons. The average molecular weight is 338 g/mol. The number of hydrogen-bond acceptors (Lipinski definition) is 4. The van der Waals surface area contributed by atoms with E-state index in [-0.39, 0.29) is 0 Å². The second-order valence-corrected chi connectivity index (χ2v) is 6.86. The largest absolute Gasteiger partial charge is 0.365 e. The molecule has 21 heavy (non-hydrogen) atoms. The van der Waals surface area contributed by atoms with Crippen LogP contribution in [0.3, 0.4) is 0 Å². The molecule has 2 aromatic heterocycles.